The number of rotatable bonds is 6. The summed E-state index contributed by atoms with van der Waals surface area (Å²) in [6.07, 6.45) is 1.01. The number of carbonyl (C=O) groups is 3. The highest BCUT2D eigenvalue weighted by Gasteiger charge is 2.09. The zero-order valence-corrected chi connectivity index (χ0v) is 10.5. The van der Waals surface area contributed by atoms with Gasteiger partial charge in [-0.2, -0.15) is 0 Å². The molecule has 0 bridgehead atoms. The van der Waals surface area contributed by atoms with Crippen LogP contribution >= 0.6 is 12.4 Å². The topological polar surface area (TPSA) is 109 Å². The van der Waals surface area contributed by atoms with E-state index >= 15 is 0 Å². The molecule has 0 saturated heterocycles. The van der Waals surface area contributed by atoms with Gasteiger partial charge in [0.1, 0.15) is 6.61 Å². The van der Waals surface area contributed by atoms with Crippen LogP contribution in [0.3, 0.4) is 0 Å². The number of ether oxygens (including phenoxy) is 1. The number of aromatic nitrogens is 2. The smallest absolute Gasteiger partial charge is 0.306 e. The molecule has 1 rings (SSSR count). The van der Waals surface area contributed by atoms with Crippen molar-refractivity contribution in [2.45, 2.75) is 26.4 Å². The number of nitrogens with one attached hydrogen (secondary N) is 1. The minimum atomic E-state index is -1.06. The number of carboxylic acids is 1. The van der Waals surface area contributed by atoms with Crippen LogP contribution in [0.2, 0.25) is 0 Å². The maximum Gasteiger partial charge on any atom is 0.306 e. The summed E-state index contributed by atoms with van der Waals surface area (Å²) in [5.74, 6) is -1.68. The number of carbonyl (C=O) groups excluding carboxylic acids is 2. The molecule has 2 N–H and O–H groups in total. The molecular weight excluding hydrogens is 264 g/mol. The summed E-state index contributed by atoms with van der Waals surface area (Å²) in [7, 11) is 0. The average molecular weight is 277 g/mol. The van der Waals surface area contributed by atoms with E-state index < -0.39 is 11.9 Å². The molecule has 0 spiro atoms. The first kappa shape index (κ1) is 16.1. The van der Waals surface area contributed by atoms with Gasteiger partial charge in [0, 0.05) is 13.1 Å². The highest BCUT2D eigenvalue weighted by Crippen LogP contribution is 2.02. The number of hydrogen-bond acceptors (Lipinski definition) is 5. The van der Waals surface area contributed by atoms with E-state index in [0.717, 1.165) is 0 Å². The summed E-state index contributed by atoms with van der Waals surface area (Å²) >= 11 is 0. The third-order valence-corrected chi connectivity index (χ3v) is 1.89. The number of aromatic amines is 1. The summed E-state index contributed by atoms with van der Waals surface area (Å²) in [5.41, 5.74) is 0.416. The first-order valence-electron chi connectivity index (χ1n) is 4.91. The standard InChI is InChI=1S/C10H12N2O5.ClH/c1-6(13)10-11-4-7(12-10)5-17-9(16)3-2-8(14)15;/h4H,2-3,5H2,1H3,(H,11,12)(H,14,15);1H. The Labute approximate surface area is 109 Å². The van der Waals surface area contributed by atoms with Gasteiger partial charge in [-0.25, -0.2) is 4.98 Å². The number of imidazole rings is 1. The van der Waals surface area contributed by atoms with Crippen molar-refractivity contribution < 1.29 is 24.2 Å². The van der Waals surface area contributed by atoms with E-state index in [2.05, 4.69) is 9.97 Å². The molecule has 1 heterocycles. The number of aliphatic carboxylic acids is 1. The molecule has 0 amide bonds. The molecule has 0 aliphatic carbocycles. The number of ketones is 1. The Morgan fingerprint density at radius 2 is 2.06 bits per heavy atom. The molecular formula is C10H13ClN2O5. The highest BCUT2D eigenvalue weighted by molar-refractivity contribution is 5.90. The molecule has 100 valence electrons. The van der Waals surface area contributed by atoms with E-state index in [4.69, 9.17) is 9.84 Å². The number of halogens is 1. The Balaban J connectivity index is 0.00000289. The molecule has 0 fully saturated rings. The van der Waals surface area contributed by atoms with Crippen LogP contribution < -0.4 is 0 Å². The van der Waals surface area contributed by atoms with Crippen molar-refractivity contribution in [2.75, 3.05) is 0 Å². The minimum Gasteiger partial charge on any atom is -0.481 e. The second kappa shape index (κ2) is 7.44. The fourth-order valence-electron chi connectivity index (χ4n) is 1.05. The van der Waals surface area contributed by atoms with Gasteiger partial charge in [0.15, 0.2) is 11.6 Å². The predicted octanol–water partition coefficient (Wildman–Crippen LogP) is 0.942. The van der Waals surface area contributed by atoms with Crippen molar-refractivity contribution in [3.63, 3.8) is 0 Å². The van der Waals surface area contributed by atoms with Crippen LogP contribution in [0.4, 0.5) is 0 Å². The third-order valence-electron chi connectivity index (χ3n) is 1.89. The largest absolute Gasteiger partial charge is 0.481 e. The van der Waals surface area contributed by atoms with Gasteiger partial charge in [-0.1, -0.05) is 0 Å². The van der Waals surface area contributed by atoms with Crippen molar-refractivity contribution >= 4 is 30.1 Å². The number of hydrogen-bond donors (Lipinski definition) is 2. The fraction of sp³-hybridized carbons (Fsp3) is 0.400. The lowest BCUT2D eigenvalue weighted by Crippen LogP contribution is -2.07. The van der Waals surface area contributed by atoms with Gasteiger partial charge >= 0.3 is 11.9 Å². The van der Waals surface area contributed by atoms with Crippen LogP contribution in [-0.2, 0) is 20.9 Å². The first-order chi connectivity index (χ1) is 7.99. The molecule has 8 heteroatoms. The predicted molar refractivity (Wildman–Crippen MR) is 62.5 cm³/mol. The van der Waals surface area contributed by atoms with Gasteiger partial charge in [0.05, 0.1) is 18.5 Å². The summed E-state index contributed by atoms with van der Waals surface area (Å²) in [6.45, 7) is 1.28. The Morgan fingerprint density at radius 1 is 1.39 bits per heavy atom. The summed E-state index contributed by atoms with van der Waals surface area (Å²) in [6, 6.07) is 0. The Bertz CT molecular complexity index is 443. The van der Waals surface area contributed by atoms with Gasteiger partial charge < -0.3 is 14.8 Å². The molecule has 1 aromatic rings. The SMILES string of the molecule is CC(=O)c1nc(COC(=O)CCC(=O)O)c[nH]1.Cl. The van der Waals surface area contributed by atoms with E-state index in [1.165, 1.54) is 13.1 Å². The maximum atomic E-state index is 11.1. The molecule has 1 aromatic heterocycles. The van der Waals surface area contributed by atoms with Gasteiger partial charge in [0.25, 0.3) is 0 Å². The normalized spacial score (nSPS) is 9.39. The Morgan fingerprint density at radius 3 is 2.56 bits per heavy atom. The molecule has 0 aliphatic rings. The highest BCUT2D eigenvalue weighted by atomic mass is 35.5. The minimum absolute atomic E-state index is 0. The Kier molecular flexibility index (Phi) is 6.66. The summed E-state index contributed by atoms with van der Waals surface area (Å²) in [5, 5.41) is 8.35. The second-order valence-electron chi connectivity index (χ2n) is 3.35. The van der Waals surface area contributed by atoms with Gasteiger partial charge in [0.2, 0.25) is 0 Å². The third kappa shape index (κ3) is 5.44. The monoisotopic (exact) mass is 276 g/mol. The quantitative estimate of drug-likeness (QED) is 0.591. The van der Waals surface area contributed by atoms with Crippen molar-refractivity contribution in [3.05, 3.63) is 17.7 Å². The van der Waals surface area contributed by atoms with E-state index in [1.54, 1.807) is 0 Å². The van der Waals surface area contributed by atoms with Crippen molar-refractivity contribution in [3.8, 4) is 0 Å². The van der Waals surface area contributed by atoms with Crippen molar-refractivity contribution in [1.29, 1.82) is 0 Å². The van der Waals surface area contributed by atoms with Crippen LogP contribution in [-0.4, -0.2) is 32.8 Å². The van der Waals surface area contributed by atoms with Crippen LogP contribution in [0, 0.1) is 0 Å². The van der Waals surface area contributed by atoms with Gasteiger partial charge in [-0.05, 0) is 0 Å². The zero-order chi connectivity index (χ0) is 12.8. The number of carboxylic acid groups (broad SMARTS) is 1. The zero-order valence-electron chi connectivity index (χ0n) is 9.63. The van der Waals surface area contributed by atoms with E-state index in [9.17, 15) is 14.4 Å². The molecule has 0 radical (unpaired) electrons. The molecule has 0 aromatic carbocycles. The molecule has 18 heavy (non-hydrogen) atoms. The summed E-state index contributed by atoms with van der Waals surface area (Å²) in [4.78, 5) is 38.7. The lowest BCUT2D eigenvalue weighted by molar-refractivity contribution is -0.148. The molecule has 0 atom stereocenters. The second-order valence-corrected chi connectivity index (χ2v) is 3.35. The van der Waals surface area contributed by atoms with Crippen LogP contribution in [0.25, 0.3) is 0 Å². The van der Waals surface area contributed by atoms with E-state index in [0.29, 0.717) is 5.69 Å². The molecule has 0 aliphatic heterocycles. The molecule has 0 saturated carbocycles. The lowest BCUT2D eigenvalue weighted by atomic mass is 10.3. The van der Waals surface area contributed by atoms with Crippen LogP contribution in [0.15, 0.2) is 6.20 Å². The lowest BCUT2D eigenvalue weighted by Gasteiger charge is -2.00. The number of esters is 1. The Hall–Kier alpha value is -1.89. The maximum absolute atomic E-state index is 11.1. The van der Waals surface area contributed by atoms with Gasteiger partial charge in [-0.15, -0.1) is 12.4 Å². The first-order valence-corrected chi connectivity index (χ1v) is 4.91. The number of H-pyrrole nitrogens is 1. The van der Waals surface area contributed by atoms with Gasteiger partial charge in [-0.3, -0.25) is 14.4 Å². The fourth-order valence-corrected chi connectivity index (χ4v) is 1.05. The van der Waals surface area contributed by atoms with Crippen molar-refractivity contribution in [1.82, 2.24) is 9.97 Å². The number of Topliss-reactive ketones (excluding diaryl/α,β-unsaturated/α-hetero) is 1. The van der Waals surface area contributed by atoms with Crippen LogP contribution in [0.1, 0.15) is 36.1 Å². The van der Waals surface area contributed by atoms with Crippen LogP contribution in [0.5, 0.6) is 0 Å². The number of nitrogens with zero attached hydrogens (tertiary/aromatic N) is 1. The van der Waals surface area contributed by atoms with E-state index in [1.807, 2.05) is 0 Å². The summed E-state index contributed by atoms with van der Waals surface area (Å²) < 4.78 is 4.78. The molecule has 0 unspecified atom stereocenters. The van der Waals surface area contributed by atoms with E-state index in [-0.39, 0.29) is 43.5 Å². The average Bonchev–Trinajstić information content (AvgIpc) is 2.72. The van der Waals surface area contributed by atoms with Crippen molar-refractivity contribution in [2.24, 2.45) is 0 Å². The molecule has 7 nitrogen and oxygen atoms in total.